The van der Waals surface area contributed by atoms with Gasteiger partial charge in [0.15, 0.2) is 0 Å². The third-order valence-corrected chi connectivity index (χ3v) is 2.49. The van der Waals surface area contributed by atoms with E-state index in [4.69, 9.17) is 4.74 Å². The fourth-order valence-electron chi connectivity index (χ4n) is 1.59. The predicted molar refractivity (Wildman–Crippen MR) is 68.2 cm³/mol. The van der Waals surface area contributed by atoms with Crippen LogP contribution in [0.5, 0.6) is 5.75 Å². The van der Waals surface area contributed by atoms with Crippen LogP contribution < -0.4 is 15.4 Å². The number of amides is 2. The zero-order chi connectivity index (χ0) is 12.7. The number of methoxy groups -OCH3 is 1. The van der Waals surface area contributed by atoms with Crippen molar-refractivity contribution >= 4 is 6.03 Å². The Kier molecular flexibility index (Phi) is 5.33. The van der Waals surface area contributed by atoms with Crippen LogP contribution in [0.15, 0.2) is 24.3 Å². The molecule has 0 spiro atoms. The van der Waals surface area contributed by atoms with E-state index in [1.54, 1.807) is 7.11 Å². The van der Waals surface area contributed by atoms with Crippen LogP contribution in [-0.4, -0.2) is 19.7 Å². The Morgan fingerprint density at radius 1 is 1.41 bits per heavy atom. The Hall–Kier alpha value is -1.71. The van der Waals surface area contributed by atoms with Gasteiger partial charge in [0.1, 0.15) is 5.75 Å². The van der Waals surface area contributed by atoms with Crippen molar-refractivity contribution in [2.75, 3.05) is 13.7 Å². The molecule has 1 aromatic rings. The zero-order valence-electron chi connectivity index (χ0n) is 10.6. The SMILES string of the molecule is CCCNC(=O)N[C@H](C)c1ccccc1OC. The summed E-state index contributed by atoms with van der Waals surface area (Å²) in [6.07, 6.45) is 0.927. The highest BCUT2D eigenvalue weighted by molar-refractivity contribution is 5.74. The molecule has 0 radical (unpaired) electrons. The number of benzene rings is 1. The summed E-state index contributed by atoms with van der Waals surface area (Å²) >= 11 is 0. The number of nitrogens with one attached hydrogen (secondary N) is 2. The van der Waals surface area contributed by atoms with E-state index in [0.29, 0.717) is 6.54 Å². The van der Waals surface area contributed by atoms with Crippen molar-refractivity contribution in [3.05, 3.63) is 29.8 Å². The molecular weight excluding hydrogens is 216 g/mol. The number of rotatable bonds is 5. The van der Waals surface area contributed by atoms with Crippen LogP contribution in [0.1, 0.15) is 31.9 Å². The van der Waals surface area contributed by atoms with Crippen LogP contribution in [0.2, 0.25) is 0 Å². The molecule has 0 bridgehead atoms. The first-order chi connectivity index (χ1) is 8.19. The molecule has 4 heteroatoms. The van der Waals surface area contributed by atoms with Gasteiger partial charge in [-0.05, 0) is 19.4 Å². The number of carbonyl (C=O) groups is 1. The van der Waals surface area contributed by atoms with Crippen LogP contribution >= 0.6 is 0 Å². The Morgan fingerprint density at radius 2 is 2.12 bits per heavy atom. The first kappa shape index (κ1) is 13.4. The Morgan fingerprint density at radius 3 is 2.76 bits per heavy atom. The molecule has 0 saturated heterocycles. The third kappa shape index (κ3) is 3.98. The van der Waals surface area contributed by atoms with Crippen LogP contribution in [0.25, 0.3) is 0 Å². The largest absolute Gasteiger partial charge is 0.496 e. The van der Waals surface area contributed by atoms with E-state index in [-0.39, 0.29) is 12.1 Å². The molecule has 1 aromatic carbocycles. The molecule has 17 heavy (non-hydrogen) atoms. The van der Waals surface area contributed by atoms with Crippen molar-refractivity contribution in [3.8, 4) is 5.75 Å². The summed E-state index contributed by atoms with van der Waals surface area (Å²) in [6, 6.07) is 7.45. The lowest BCUT2D eigenvalue weighted by atomic mass is 10.1. The summed E-state index contributed by atoms with van der Waals surface area (Å²) in [5.74, 6) is 0.788. The van der Waals surface area contributed by atoms with E-state index in [9.17, 15) is 4.79 Å². The van der Waals surface area contributed by atoms with E-state index in [1.807, 2.05) is 38.1 Å². The van der Waals surface area contributed by atoms with Gasteiger partial charge in [0.2, 0.25) is 0 Å². The summed E-state index contributed by atoms with van der Waals surface area (Å²) < 4.78 is 5.26. The Bertz CT molecular complexity index is 366. The second-order valence-corrected chi connectivity index (χ2v) is 3.86. The first-order valence-corrected chi connectivity index (χ1v) is 5.86. The van der Waals surface area contributed by atoms with Crippen LogP contribution in [0, 0.1) is 0 Å². The molecule has 0 unspecified atom stereocenters. The number of urea groups is 1. The van der Waals surface area contributed by atoms with Gasteiger partial charge < -0.3 is 15.4 Å². The van der Waals surface area contributed by atoms with E-state index >= 15 is 0 Å². The molecule has 4 nitrogen and oxygen atoms in total. The number of hydrogen-bond acceptors (Lipinski definition) is 2. The number of hydrogen-bond donors (Lipinski definition) is 2. The van der Waals surface area contributed by atoms with Gasteiger partial charge in [0.25, 0.3) is 0 Å². The normalized spacial score (nSPS) is 11.7. The summed E-state index contributed by atoms with van der Waals surface area (Å²) in [4.78, 5) is 11.5. The van der Waals surface area contributed by atoms with Crippen molar-refractivity contribution < 1.29 is 9.53 Å². The van der Waals surface area contributed by atoms with E-state index in [1.165, 1.54) is 0 Å². The average Bonchev–Trinajstić information content (AvgIpc) is 2.36. The topological polar surface area (TPSA) is 50.4 Å². The maximum absolute atomic E-state index is 11.5. The van der Waals surface area contributed by atoms with Crippen molar-refractivity contribution in [3.63, 3.8) is 0 Å². The lowest BCUT2D eigenvalue weighted by molar-refractivity contribution is 0.237. The number of para-hydroxylation sites is 1. The molecule has 0 saturated carbocycles. The van der Waals surface area contributed by atoms with Crippen molar-refractivity contribution in [2.45, 2.75) is 26.3 Å². The predicted octanol–water partition coefficient (Wildman–Crippen LogP) is 2.47. The van der Waals surface area contributed by atoms with Gasteiger partial charge in [0.05, 0.1) is 13.2 Å². The van der Waals surface area contributed by atoms with Gasteiger partial charge in [-0.25, -0.2) is 4.79 Å². The molecule has 2 N–H and O–H groups in total. The fraction of sp³-hybridized carbons (Fsp3) is 0.462. The molecule has 0 aliphatic carbocycles. The second kappa shape index (κ2) is 6.78. The zero-order valence-corrected chi connectivity index (χ0v) is 10.6. The smallest absolute Gasteiger partial charge is 0.315 e. The third-order valence-electron chi connectivity index (χ3n) is 2.49. The van der Waals surface area contributed by atoms with Crippen LogP contribution in [0.4, 0.5) is 4.79 Å². The molecular formula is C13H20N2O2. The lowest BCUT2D eigenvalue weighted by Gasteiger charge is -2.17. The fourth-order valence-corrected chi connectivity index (χ4v) is 1.59. The highest BCUT2D eigenvalue weighted by Crippen LogP contribution is 2.23. The van der Waals surface area contributed by atoms with Gasteiger partial charge in [-0.3, -0.25) is 0 Å². The van der Waals surface area contributed by atoms with Crippen molar-refractivity contribution in [2.24, 2.45) is 0 Å². The second-order valence-electron chi connectivity index (χ2n) is 3.86. The van der Waals surface area contributed by atoms with Crippen molar-refractivity contribution in [1.82, 2.24) is 10.6 Å². The van der Waals surface area contributed by atoms with Crippen LogP contribution in [0.3, 0.4) is 0 Å². The molecule has 0 fully saturated rings. The molecule has 0 heterocycles. The minimum absolute atomic E-state index is 0.0805. The quantitative estimate of drug-likeness (QED) is 0.825. The molecule has 2 amide bonds. The van der Waals surface area contributed by atoms with Crippen molar-refractivity contribution in [1.29, 1.82) is 0 Å². The molecule has 1 atom stereocenters. The highest BCUT2D eigenvalue weighted by atomic mass is 16.5. The summed E-state index contributed by atoms with van der Waals surface area (Å²) in [5.41, 5.74) is 0.974. The van der Waals surface area contributed by atoms with Crippen LogP contribution in [-0.2, 0) is 0 Å². The van der Waals surface area contributed by atoms with E-state index in [0.717, 1.165) is 17.7 Å². The Labute approximate surface area is 102 Å². The summed E-state index contributed by atoms with van der Waals surface area (Å²) in [5, 5.41) is 5.66. The molecule has 0 aliphatic rings. The highest BCUT2D eigenvalue weighted by Gasteiger charge is 2.12. The van der Waals surface area contributed by atoms with Gasteiger partial charge >= 0.3 is 6.03 Å². The number of ether oxygens (including phenoxy) is 1. The van der Waals surface area contributed by atoms with E-state index < -0.39 is 0 Å². The lowest BCUT2D eigenvalue weighted by Crippen LogP contribution is -2.37. The summed E-state index contributed by atoms with van der Waals surface area (Å²) in [7, 11) is 1.63. The van der Waals surface area contributed by atoms with E-state index in [2.05, 4.69) is 10.6 Å². The molecule has 0 aromatic heterocycles. The molecule has 1 rings (SSSR count). The molecule has 0 aliphatic heterocycles. The maximum Gasteiger partial charge on any atom is 0.315 e. The van der Waals surface area contributed by atoms with Gasteiger partial charge in [-0.1, -0.05) is 25.1 Å². The number of carbonyl (C=O) groups excluding carboxylic acids is 1. The average molecular weight is 236 g/mol. The monoisotopic (exact) mass is 236 g/mol. The minimum Gasteiger partial charge on any atom is -0.496 e. The maximum atomic E-state index is 11.5. The Balaban J connectivity index is 2.62. The van der Waals surface area contributed by atoms with Gasteiger partial charge in [-0.15, -0.1) is 0 Å². The summed E-state index contributed by atoms with van der Waals surface area (Å²) in [6.45, 7) is 4.64. The van der Waals surface area contributed by atoms with Gasteiger partial charge in [0, 0.05) is 12.1 Å². The van der Waals surface area contributed by atoms with Gasteiger partial charge in [-0.2, -0.15) is 0 Å². The standard InChI is InChI=1S/C13H20N2O2/c1-4-9-14-13(16)15-10(2)11-7-5-6-8-12(11)17-3/h5-8,10H,4,9H2,1-3H3,(H2,14,15,16)/t10-/m1/s1. The minimum atomic E-state index is -0.148. The first-order valence-electron chi connectivity index (χ1n) is 5.86. The molecule has 94 valence electrons.